The van der Waals surface area contributed by atoms with Crippen LogP contribution in [0, 0.1) is 0 Å². The van der Waals surface area contributed by atoms with E-state index in [1.54, 1.807) is 45.6 Å². The van der Waals surface area contributed by atoms with Gasteiger partial charge in [0.2, 0.25) is 17.6 Å². The van der Waals surface area contributed by atoms with Crippen LogP contribution in [0.4, 0.5) is 0 Å². The molecule has 0 aromatic heterocycles. The molecule has 0 aliphatic carbocycles. The van der Waals surface area contributed by atoms with Crippen molar-refractivity contribution in [1.82, 2.24) is 15.1 Å². The number of ether oxygens (including phenoxy) is 3. The van der Waals surface area contributed by atoms with Crippen molar-refractivity contribution >= 4 is 17.9 Å². The minimum atomic E-state index is -0.0408. The molecule has 8 heteroatoms. The van der Waals surface area contributed by atoms with Crippen molar-refractivity contribution in [2.75, 3.05) is 54.1 Å². The van der Waals surface area contributed by atoms with Crippen LogP contribution in [0.15, 0.2) is 18.2 Å². The zero-order valence-corrected chi connectivity index (χ0v) is 18.6. The van der Waals surface area contributed by atoms with E-state index in [9.17, 15) is 9.59 Å². The quantitative estimate of drug-likeness (QED) is 0.615. The fourth-order valence-electron chi connectivity index (χ4n) is 3.32. The number of hydrogen-bond donors (Lipinski definition) is 1. The van der Waals surface area contributed by atoms with E-state index in [0.29, 0.717) is 43.3 Å². The van der Waals surface area contributed by atoms with E-state index in [4.69, 9.17) is 14.2 Å². The molecule has 0 unspecified atom stereocenters. The molecule has 1 N–H and O–H groups in total. The van der Waals surface area contributed by atoms with E-state index >= 15 is 0 Å². The maximum atomic E-state index is 12.6. The normalized spacial score (nSPS) is 14.8. The monoisotopic (exact) mass is 419 g/mol. The largest absolute Gasteiger partial charge is 0.493 e. The number of nitrogens with zero attached hydrogens (tertiary/aromatic N) is 2. The number of amides is 2. The number of nitrogens with one attached hydrogen (secondary N) is 1. The summed E-state index contributed by atoms with van der Waals surface area (Å²) in [5, 5.41) is 2.90. The highest BCUT2D eigenvalue weighted by atomic mass is 16.5. The summed E-state index contributed by atoms with van der Waals surface area (Å²) < 4.78 is 16.0. The summed E-state index contributed by atoms with van der Waals surface area (Å²) in [4.78, 5) is 28.4. The van der Waals surface area contributed by atoms with Gasteiger partial charge in [-0.25, -0.2) is 0 Å². The van der Waals surface area contributed by atoms with Gasteiger partial charge in [-0.1, -0.05) is 0 Å². The summed E-state index contributed by atoms with van der Waals surface area (Å²) in [5.41, 5.74) is 0.785. The van der Waals surface area contributed by atoms with Crippen molar-refractivity contribution in [1.29, 1.82) is 0 Å². The second-order valence-electron chi connectivity index (χ2n) is 7.43. The molecule has 0 spiro atoms. The predicted molar refractivity (Wildman–Crippen MR) is 116 cm³/mol. The third-order valence-electron chi connectivity index (χ3n) is 4.89. The van der Waals surface area contributed by atoms with E-state index in [-0.39, 0.29) is 17.9 Å². The molecule has 0 radical (unpaired) electrons. The van der Waals surface area contributed by atoms with Crippen LogP contribution in [-0.2, 0) is 9.59 Å². The molecule has 0 atom stereocenters. The summed E-state index contributed by atoms with van der Waals surface area (Å²) >= 11 is 0. The van der Waals surface area contributed by atoms with Crippen LogP contribution in [0.5, 0.6) is 17.2 Å². The van der Waals surface area contributed by atoms with Crippen molar-refractivity contribution in [3.05, 3.63) is 23.8 Å². The molecule has 166 valence electrons. The van der Waals surface area contributed by atoms with Crippen LogP contribution < -0.4 is 19.5 Å². The third-order valence-corrected chi connectivity index (χ3v) is 4.89. The zero-order valence-electron chi connectivity index (χ0n) is 18.6. The van der Waals surface area contributed by atoms with Gasteiger partial charge in [-0.2, -0.15) is 0 Å². The Kier molecular flexibility index (Phi) is 8.98. The van der Waals surface area contributed by atoms with Gasteiger partial charge in [0.05, 0.1) is 21.3 Å². The van der Waals surface area contributed by atoms with Crippen molar-refractivity contribution in [3.63, 3.8) is 0 Å². The van der Waals surface area contributed by atoms with E-state index < -0.39 is 0 Å². The second kappa shape index (κ2) is 11.4. The van der Waals surface area contributed by atoms with Gasteiger partial charge in [0.1, 0.15) is 0 Å². The molecule has 0 bridgehead atoms. The van der Waals surface area contributed by atoms with E-state index in [1.807, 2.05) is 18.7 Å². The lowest BCUT2D eigenvalue weighted by Crippen LogP contribution is -2.49. The van der Waals surface area contributed by atoms with Gasteiger partial charge in [0.15, 0.2) is 11.5 Å². The van der Waals surface area contributed by atoms with Crippen molar-refractivity contribution in [3.8, 4) is 17.2 Å². The van der Waals surface area contributed by atoms with Crippen LogP contribution >= 0.6 is 0 Å². The average molecular weight is 420 g/mol. The standard InChI is InChI=1S/C22H33N3O5/c1-16(2)23-20(26)8-9-24-10-12-25(13-11-24)21(27)7-6-17-14-18(28-3)22(30-5)19(15-17)29-4/h6-7,14-16H,8-13H2,1-5H3,(H,23,26). The number of benzene rings is 1. The summed E-state index contributed by atoms with van der Waals surface area (Å²) in [6.07, 6.45) is 3.79. The Morgan fingerprint density at radius 3 is 2.13 bits per heavy atom. The van der Waals surface area contributed by atoms with Crippen LogP contribution in [0.1, 0.15) is 25.8 Å². The highest BCUT2D eigenvalue weighted by Crippen LogP contribution is 2.38. The minimum Gasteiger partial charge on any atom is -0.493 e. The van der Waals surface area contributed by atoms with E-state index in [2.05, 4.69) is 10.2 Å². The maximum Gasteiger partial charge on any atom is 0.246 e. The SMILES string of the molecule is COc1cc(C=CC(=O)N2CCN(CCC(=O)NC(C)C)CC2)cc(OC)c1OC. The lowest BCUT2D eigenvalue weighted by Gasteiger charge is -2.34. The number of rotatable bonds is 9. The Labute approximate surface area is 178 Å². The van der Waals surface area contributed by atoms with Gasteiger partial charge >= 0.3 is 0 Å². The van der Waals surface area contributed by atoms with Gasteiger partial charge in [-0.05, 0) is 37.6 Å². The van der Waals surface area contributed by atoms with Crippen LogP contribution in [0.2, 0.25) is 0 Å². The second-order valence-corrected chi connectivity index (χ2v) is 7.43. The number of piperazine rings is 1. The number of hydrogen-bond acceptors (Lipinski definition) is 6. The molecule has 1 aliphatic heterocycles. The molecule has 1 aromatic rings. The third kappa shape index (κ3) is 6.66. The molecule has 1 aromatic carbocycles. The summed E-state index contributed by atoms with van der Waals surface area (Å²) in [5.74, 6) is 1.62. The summed E-state index contributed by atoms with van der Waals surface area (Å²) in [6.45, 7) is 7.43. The van der Waals surface area contributed by atoms with Gasteiger partial charge in [0.25, 0.3) is 0 Å². The van der Waals surface area contributed by atoms with Crippen LogP contribution in [0.3, 0.4) is 0 Å². The molecule has 1 aliphatic rings. The van der Waals surface area contributed by atoms with Crippen LogP contribution in [-0.4, -0.2) is 81.7 Å². The molecule has 1 heterocycles. The fraction of sp³-hybridized carbons (Fsp3) is 0.545. The Balaban J connectivity index is 1.89. The zero-order chi connectivity index (χ0) is 22.1. The maximum absolute atomic E-state index is 12.6. The number of methoxy groups -OCH3 is 3. The fourth-order valence-corrected chi connectivity index (χ4v) is 3.32. The molecule has 1 saturated heterocycles. The first kappa shape index (κ1) is 23.5. The predicted octanol–water partition coefficient (Wildman–Crippen LogP) is 1.78. The first-order valence-corrected chi connectivity index (χ1v) is 10.2. The lowest BCUT2D eigenvalue weighted by molar-refractivity contribution is -0.128. The highest BCUT2D eigenvalue weighted by Gasteiger charge is 2.20. The molecule has 2 rings (SSSR count). The molecular weight excluding hydrogens is 386 g/mol. The molecule has 1 fully saturated rings. The number of carbonyl (C=O) groups excluding carboxylic acids is 2. The Bertz CT molecular complexity index is 730. The molecule has 30 heavy (non-hydrogen) atoms. The first-order chi connectivity index (χ1) is 14.4. The van der Waals surface area contributed by atoms with Crippen molar-refractivity contribution in [2.45, 2.75) is 26.3 Å². The van der Waals surface area contributed by atoms with Gasteiger partial charge in [-0.15, -0.1) is 0 Å². The molecule has 0 saturated carbocycles. The van der Waals surface area contributed by atoms with Crippen LogP contribution in [0.25, 0.3) is 6.08 Å². The van der Waals surface area contributed by atoms with E-state index in [1.165, 1.54) is 0 Å². The molecular formula is C22H33N3O5. The van der Waals surface area contributed by atoms with E-state index in [0.717, 1.165) is 18.7 Å². The smallest absolute Gasteiger partial charge is 0.246 e. The van der Waals surface area contributed by atoms with Crippen molar-refractivity contribution in [2.24, 2.45) is 0 Å². The summed E-state index contributed by atoms with van der Waals surface area (Å²) in [6, 6.07) is 3.75. The Morgan fingerprint density at radius 1 is 1.03 bits per heavy atom. The lowest BCUT2D eigenvalue weighted by atomic mass is 10.1. The highest BCUT2D eigenvalue weighted by molar-refractivity contribution is 5.92. The average Bonchev–Trinajstić information content (AvgIpc) is 2.75. The topological polar surface area (TPSA) is 80.3 Å². The minimum absolute atomic E-state index is 0.0408. The van der Waals surface area contributed by atoms with Gasteiger partial charge < -0.3 is 24.4 Å². The van der Waals surface area contributed by atoms with Gasteiger partial charge in [0, 0.05) is 51.3 Å². The van der Waals surface area contributed by atoms with Gasteiger partial charge in [-0.3, -0.25) is 14.5 Å². The Hall–Kier alpha value is -2.74. The Morgan fingerprint density at radius 2 is 1.63 bits per heavy atom. The summed E-state index contributed by atoms with van der Waals surface area (Å²) in [7, 11) is 4.67. The molecule has 8 nitrogen and oxygen atoms in total. The number of carbonyl (C=O) groups is 2. The van der Waals surface area contributed by atoms with Crippen molar-refractivity contribution < 1.29 is 23.8 Å². The first-order valence-electron chi connectivity index (χ1n) is 10.2. The molecule has 2 amide bonds.